The predicted octanol–water partition coefficient (Wildman–Crippen LogP) is 6.32. The first-order chi connectivity index (χ1) is 14.1. The molecular weight excluding hydrogens is 392 g/mol. The molecule has 0 unspecified atom stereocenters. The second kappa shape index (κ2) is 8.32. The third kappa shape index (κ3) is 4.22. The Morgan fingerprint density at radius 2 is 1.62 bits per heavy atom. The normalized spacial score (nSPS) is 11.8. The number of benzene rings is 3. The fourth-order valence-corrected chi connectivity index (χ4v) is 3.89. The molecule has 0 atom stereocenters. The molecule has 4 aromatic rings. The van der Waals surface area contributed by atoms with Crippen molar-refractivity contribution in [2.75, 3.05) is 0 Å². The summed E-state index contributed by atoms with van der Waals surface area (Å²) >= 11 is 1.38. The third-order valence-electron chi connectivity index (χ3n) is 4.24. The maximum absolute atomic E-state index is 13.3. The zero-order valence-corrected chi connectivity index (χ0v) is 15.9. The second-order valence-electron chi connectivity index (χ2n) is 6.16. The highest BCUT2D eigenvalue weighted by atomic mass is 32.1. The van der Waals surface area contributed by atoms with Gasteiger partial charge in [0.1, 0.15) is 10.8 Å². The highest BCUT2D eigenvalue weighted by molar-refractivity contribution is 7.20. The number of para-hydroxylation sites is 2. The van der Waals surface area contributed by atoms with Gasteiger partial charge in [-0.25, -0.2) is 4.98 Å². The standard InChI is InChI=1S/C23H15F2NO2S/c24-23(25)28-19-12-6-4-10-16(19)14-17(21(27)15-8-2-1-3-9-15)22-26-18-11-5-7-13-20(18)29-22/h1-14,23H/b17-14-. The van der Waals surface area contributed by atoms with Crippen molar-refractivity contribution >= 4 is 39.0 Å². The number of ether oxygens (including phenoxy) is 1. The van der Waals surface area contributed by atoms with E-state index in [-0.39, 0.29) is 11.5 Å². The molecule has 29 heavy (non-hydrogen) atoms. The number of nitrogens with zero attached hydrogens (tertiary/aromatic N) is 1. The molecule has 0 N–H and O–H groups in total. The van der Waals surface area contributed by atoms with E-state index in [1.165, 1.54) is 17.4 Å². The molecule has 0 spiro atoms. The number of Topliss-reactive ketones (excluding diaryl/α,β-unsaturated/α-hetero) is 1. The monoisotopic (exact) mass is 407 g/mol. The topological polar surface area (TPSA) is 39.2 Å². The molecule has 3 nitrogen and oxygen atoms in total. The lowest BCUT2D eigenvalue weighted by Crippen LogP contribution is -2.05. The van der Waals surface area contributed by atoms with Gasteiger partial charge in [0.05, 0.1) is 15.8 Å². The van der Waals surface area contributed by atoms with Crippen molar-refractivity contribution in [2.45, 2.75) is 6.61 Å². The van der Waals surface area contributed by atoms with Gasteiger partial charge in [0.15, 0.2) is 5.78 Å². The molecule has 0 aliphatic carbocycles. The number of alkyl halides is 2. The largest absolute Gasteiger partial charge is 0.434 e. The lowest BCUT2D eigenvalue weighted by molar-refractivity contribution is -0.0499. The van der Waals surface area contributed by atoms with Crippen LogP contribution in [0, 0.1) is 0 Å². The fraction of sp³-hybridized carbons (Fsp3) is 0.0435. The number of hydrogen-bond acceptors (Lipinski definition) is 4. The first-order valence-electron chi connectivity index (χ1n) is 8.83. The van der Waals surface area contributed by atoms with Gasteiger partial charge in [-0.05, 0) is 24.3 Å². The zero-order chi connectivity index (χ0) is 20.2. The van der Waals surface area contributed by atoms with Crippen LogP contribution in [0.15, 0.2) is 78.9 Å². The summed E-state index contributed by atoms with van der Waals surface area (Å²) in [4.78, 5) is 17.9. The maximum Gasteiger partial charge on any atom is 0.387 e. The van der Waals surface area contributed by atoms with Crippen LogP contribution >= 0.6 is 11.3 Å². The van der Waals surface area contributed by atoms with Crippen LogP contribution in [-0.4, -0.2) is 17.4 Å². The second-order valence-corrected chi connectivity index (χ2v) is 7.19. The van der Waals surface area contributed by atoms with Crippen LogP contribution in [0.1, 0.15) is 20.9 Å². The van der Waals surface area contributed by atoms with Crippen molar-refractivity contribution in [3.8, 4) is 5.75 Å². The quantitative estimate of drug-likeness (QED) is 0.277. The van der Waals surface area contributed by atoms with E-state index in [4.69, 9.17) is 0 Å². The van der Waals surface area contributed by atoms with E-state index < -0.39 is 6.61 Å². The molecule has 0 aliphatic rings. The van der Waals surface area contributed by atoms with E-state index in [1.807, 2.05) is 30.3 Å². The molecule has 0 bridgehead atoms. The summed E-state index contributed by atoms with van der Waals surface area (Å²) in [6.07, 6.45) is 1.56. The van der Waals surface area contributed by atoms with Gasteiger partial charge >= 0.3 is 6.61 Å². The molecule has 6 heteroatoms. The maximum atomic E-state index is 13.3. The molecular formula is C23H15F2NO2S. The summed E-state index contributed by atoms with van der Waals surface area (Å²) in [5.41, 5.74) is 1.97. The lowest BCUT2D eigenvalue weighted by Gasteiger charge is -2.09. The predicted molar refractivity (Wildman–Crippen MR) is 111 cm³/mol. The Bertz CT molecular complexity index is 1150. The first kappa shape index (κ1) is 19.0. The van der Waals surface area contributed by atoms with Crippen LogP contribution in [0.3, 0.4) is 0 Å². The smallest absolute Gasteiger partial charge is 0.387 e. The van der Waals surface area contributed by atoms with Crippen molar-refractivity contribution in [3.63, 3.8) is 0 Å². The van der Waals surface area contributed by atoms with Gasteiger partial charge in [0.25, 0.3) is 0 Å². The van der Waals surface area contributed by atoms with Crippen LogP contribution in [0.5, 0.6) is 5.75 Å². The molecule has 1 aromatic heterocycles. The number of aromatic nitrogens is 1. The summed E-state index contributed by atoms with van der Waals surface area (Å²) in [6.45, 7) is -2.96. The van der Waals surface area contributed by atoms with Gasteiger partial charge in [-0.1, -0.05) is 60.7 Å². The molecule has 144 valence electrons. The number of ketones is 1. The van der Waals surface area contributed by atoms with Crippen LogP contribution in [0.2, 0.25) is 0 Å². The minimum atomic E-state index is -2.96. The van der Waals surface area contributed by atoms with Gasteiger partial charge in [-0.3, -0.25) is 4.79 Å². The van der Waals surface area contributed by atoms with E-state index in [0.29, 0.717) is 21.7 Å². The van der Waals surface area contributed by atoms with Crippen LogP contribution in [0.25, 0.3) is 21.9 Å². The van der Waals surface area contributed by atoms with Crippen LogP contribution in [-0.2, 0) is 0 Å². The number of thiazole rings is 1. The van der Waals surface area contributed by atoms with Gasteiger partial charge in [0, 0.05) is 11.1 Å². The minimum Gasteiger partial charge on any atom is -0.434 e. The number of halogens is 2. The van der Waals surface area contributed by atoms with E-state index in [1.54, 1.807) is 48.5 Å². The molecule has 0 aliphatic heterocycles. The van der Waals surface area contributed by atoms with E-state index in [0.717, 1.165) is 10.2 Å². The Hall–Kier alpha value is -3.38. The van der Waals surface area contributed by atoms with Crippen LogP contribution in [0.4, 0.5) is 8.78 Å². The molecule has 0 amide bonds. The molecule has 1 heterocycles. The zero-order valence-electron chi connectivity index (χ0n) is 15.1. The Morgan fingerprint density at radius 3 is 2.38 bits per heavy atom. The van der Waals surface area contributed by atoms with Gasteiger partial charge in [-0.15, -0.1) is 11.3 Å². The van der Waals surface area contributed by atoms with E-state index in [9.17, 15) is 13.6 Å². The summed E-state index contributed by atoms with van der Waals surface area (Å²) in [5.74, 6) is -0.238. The van der Waals surface area contributed by atoms with Crippen LogP contribution < -0.4 is 4.74 Å². The average molecular weight is 407 g/mol. The minimum absolute atomic E-state index is 0.00183. The Kier molecular flexibility index (Phi) is 5.44. The van der Waals surface area contributed by atoms with Crippen molar-refractivity contribution < 1.29 is 18.3 Å². The molecule has 4 rings (SSSR count). The van der Waals surface area contributed by atoms with Crippen molar-refractivity contribution in [3.05, 3.63) is 95.0 Å². The van der Waals surface area contributed by atoms with Crippen molar-refractivity contribution in [2.24, 2.45) is 0 Å². The first-order valence-corrected chi connectivity index (χ1v) is 9.65. The Morgan fingerprint density at radius 1 is 0.931 bits per heavy atom. The van der Waals surface area contributed by atoms with Crippen molar-refractivity contribution in [1.29, 1.82) is 0 Å². The van der Waals surface area contributed by atoms with E-state index in [2.05, 4.69) is 9.72 Å². The Labute approximate surface area is 169 Å². The average Bonchev–Trinajstić information content (AvgIpc) is 3.17. The SMILES string of the molecule is O=C(/C(=C/c1ccccc1OC(F)F)c1nc2ccccc2s1)c1ccccc1. The molecule has 0 saturated carbocycles. The highest BCUT2D eigenvalue weighted by Gasteiger charge is 2.19. The number of carbonyl (C=O) groups is 1. The number of carbonyl (C=O) groups excluding carboxylic acids is 1. The Balaban J connectivity index is 1.87. The highest BCUT2D eigenvalue weighted by Crippen LogP contribution is 2.32. The molecule has 3 aromatic carbocycles. The third-order valence-corrected chi connectivity index (χ3v) is 5.31. The van der Waals surface area contributed by atoms with Gasteiger partial charge < -0.3 is 4.74 Å². The summed E-state index contributed by atoms with van der Waals surface area (Å²) in [5, 5.41) is 0.520. The summed E-state index contributed by atoms with van der Waals surface area (Å²) in [7, 11) is 0. The van der Waals surface area contributed by atoms with E-state index >= 15 is 0 Å². The summed E-state index contributed by atoms with van der Waals surface area (Å²) < 4.78 is 31.2. The molecule has 0 fully saturated rings. The molecule has 0 saturated heterocycles. The number of allylic oxidation sites excluding steroid dienone is 1. The number of rotatable bonds is 6. The van der Waals surface area contributed by atoms with Gasteiger partial charge in [-0.2, -0.15) is 8.78 Å². The van der Waals surface area contributed by atoms with Gasteiger partial charge in [0.2, 0.25) is 0 Å². The van der Waals surface area contributed by atoms with Crippen molar-refractivity contribution in [1.82, 2.24) is 4.98 Å². The summed E-state index contributed by atoms with van der Waals surface area (Å²) in [6, 6.07) is 22.7. The molecule has 0 radical (unpaired) electrons. The fourth-order valence-electron chi connectivity index (χ4n) is 2.92. The number of hydrogen-bond donors (Lipinski definition) is 0. The number of fused-ring (bicyclic) bond motifs is 1. The lowest BCUT2D eigenvalue weighted by atomic mass is 10.0.